The largest absolute Gasteiger partial charge is 0.383 e. The van der Waals surface area contributed by atoms with E-state index in [1.807, 2.05) is 0 Å². The van der Waals surface area contributed by atoms with Gasteiger partial charge in [0.2, 0.25) is 10.0 Å². The Morgan fingerprint density at radius 1 is 1.42 bits per heavy atom. The second kappa shape index (κ2) is 4.98. The molecule has 6 nitrogen and oxygen atoms in total. The van der Waals surface area contributed by atoms with Crippen molar-refractivity contribution < 1.29 is 12.8 Å². The third-order valence-corrected chi connectivity index (χ3v) is 4.19. The number of benzene rings is 1. The number of H-pyrrole nitrogens is 1. The van der Waals surface area contributed by atoms with Crippen LogP contribution in [0.4, 0.5) is 10.2 Å². The van der Waals surface area contributed by atoms with Crippen LogP contribution in [0.1, 0.15) is 18.5 Å². The number of nitrogens with two attached hydrogens (primary N) is 1. The Morgan fingerprint density at radius 2 is 2.11 bits per heavy atom. The maximum atomic E-state index is 13.6. The maximum absolute atomic E-state index is 13.6. The normalized spacial score (nSPS) is 13.4. The number of anilines is 1. The predicted molar refractivity (Wildman–Crippen MR) is 68.1 cm³/mol. The number of nitrogen functional groups attached to an aromatic ring is 1. The van der Waals surface area contributed by atoms with E-state index < -0.39 is 21.9 Å². The number of hydrogen-bond acceptors (Lipinski definition) is 4. The van der Waals surface area contributed by atoms with Crippen LogP contribution in [0, 0.1) is 5.82 Å². The van der Waals surface area contributed by atoms with E-state index in [0.717, 1.165) is 6.20 Å². The zero-order valence-corrected chi connectivity index (χ0v) is 10.9. The van der Waals surface area contributed by atoms with Gasteiger partial charge in [0.1, 0.15) is 16.5 Å². The molecule has 0 bridgehead atoms. The number of hydrogen-bond donors (Lipinski definition) is 3. The van der Waals surface area contributed by atoms with Gasteiger partial charge < -0.3 is 5.73 Å². The summed E-state index contributed by atoms with van der Waals surface area (Å²) < 4.78 is 40.0. The first kappa shape index (κ1) is 13.5. The van der Waals surface area contributed by atoms with Crippen molar-refractivity contribution in [3.05, 3.63) is 41.8 Å². The molecule has 0 aliphatic carbocycles. The van der Waals surface area contributed by atoms with Crippen molar-refractivity contribution in [1.82, 2.24) is 14.9 Å². The van der Waals surface area contributed by atoms with Crippen LogP contribution < -0.4 is 10.5 Å². The summed E-state index contributed by atoms with van der Waals surface area (Å²) in [5, 5.41) is 5.88. The molecule has 0 aliphatic rings. The number of aromatic amines is 1. The van der Waals surface area contributed by atoms with Gasteiger partial charge in [0.15, 0.2) is 0 Å². The Hall–Kier alpha value is -1.93. The lowest BCUT2D eigenvalue weighted by molar-refractivity contribution is 0.550. The molecule has 1 aromatic heterocycles. The molecule has 8 heteroatoms. The smallest absolute Gasteiger partial charge is 0.246 e. The van der Waals surface area contributed by atoms with Crippen LogP contribution in [0.2, 0.25) is 0 Å². The minimum Gasteiger partial charge on any atom is -0.383 e. The van der Waals surface area contributed by atoms with Crippen LogP contribution in [0.5, 0.6) is 0 Å². The summed E-state index contributed by atoms with van der Waals surface area (Å²) in [5.74, 6) is -0.536. The molecule has 2 aromatic rings. The minimum atomic E-state index is -3.85. The van der Waals surface area contributed by atoms with Crippen LogP contribution in [-0.4, -0.2) is 18.6 Å². The first-order valence-corrected chi connectivity index (χ1v) is 6.95. The van der Waals surface area contributed by atoms with Crippen LogP contribution in [0.3, 0.4) is 0 Å². The molecular formula is C11H13FN4O2S. The van der Waals surface area contributed by atoms with Gasteiger partial charge >= 0.3 is 0 Å². The lowest BCUT2D eigenvalue weighted by Crippen LogP contribution is -2.27. The fourth-order valence-electron chi connectivity index (χ4n) is 1.69. The van der Waals surface area contributed by atoms with E-state index in [1.54, 1.807) is 13.0 Å². The molecule has 1 unspecified atom stereocenters. The third kappa shape index (κ3) is 2.74. The molecule has 102 valence electrons. The van der Waals surface area contributed by atoms with Gasteiger partial charge in [-0.2, -0.15) is 5.10 Å². The van der Waals surface area contributed by atoms with Crippen molar-refractivity contribution in [3.63, 3.8) is 0 Å². The summed E-state index contributed by atoms with van der Waals surface area (Å²) >= 11 is 0. The minimum absolute atomic E-state index is 0.0618. The van der Waals surface area contributed by atoms with Gasteiger partial charge in [-0.15, -0.1) is 0 Å². The molecule has 1 heterocycles. The summed E-state index contributed by atoms with van der Waals surface area (Å²) in [6, 6.07) is 5.23. The molecule has 19 heavy (non-hydrogen) atoms. The average Bonchev–Trinajstić information content (AvgIpc) is 2.76. The Bertz CT molecular complexity index is 684. The van der Waals surface area contributed by atoms with Gasteiger partial charge in [0.25, 0.3) is 0 Å². The standard InChI is InChI=1S/C11H13FN4O2S/c1-7(8-4-2-3-5-9(8)12)16-19(17,18)10-6-14-15-11(10)13/h2-7,16H,1H3,(H3,13,14,15). The summed E-state index contributed by atoms with van der Waals surface area (Å²) in [6.45, 7) is 1.55. The molecule has 0 saturated heterocycles. The third-order valence-electron chi connectivity index (χ3n) is 2.63. The Labute approximate surface area is 109 Å². The van der Waals surface area contributed by atoms with Gasteiger partial charge in [-0.05, 0) is 13.0 Å². The number of nitrogens with zero attached hydrogens (tertiary/aromatic N) is 1. The lowest BCUT2D eigenvalue weighted by atomic mass is 10.1. The van der Waals surface area contributed by atoms with Crippen molar-refractivity contribution in [2.24, 2.45) is 0 Å². The van der Waals surface area contributed by atoms with Gasteiger partial charge in [-0.25, -0.2) is 17.5 Å². The first-order valence-electron chi connectivity index (χ1n) is 5.47. The molecule has 1 aromatic carbocycles. The Balaban J connectivity index is 2.27. The topological polar surface area (TPSA) is 101 Å². The molecule has 0 aliphatic heterocycles. The highest BCUT2D eigenvalue weighted by atomic mass is 32.2. The monoisotopic (exact) mass is 284 g/mol. The van der Waals surface area contributed by atoms with Gasteiger partial charge in [-0.1, -0.05) is 18.2 Å². The van der Waals surface area contributed by atoms with E-state index in [0.29, 0.717) is 0 Å². The molecule has 0 radical (unpaired) electrons. The molecule has 1 atom stereocenters. The maximum Gasteiger partial charge on any atom is 0.246 e. The van der Waals surface area contributed by atoms with E-state index in [9.17, 15) is 12.8 Å². The highest BCUT2D eigenvalue weighted by Gasteiger charge is 2.23. The van der Waals surface area contributed by atoms with Gasteiger partial charge in [0.05, 0.1) is 6.20 Å². The second-order valence-electron chi connectivity index (χ2n) is 4.01. The van der Waals surface area contributed by atoms with Gasteiger partial charge in [0, 0.05) is 11.6 Å². The fourth-order valence-corrected chi connectivity index (χ4v) is 2.93. The van der Waals surface area contributed by atoms with Crippen molar-refractivity contribution in [3.8, 4) is 0 Å². The van der Waals surface area contributed by atoms with E-state index in [2.05, 4.69) is 14.9 Å². The summed E-state index contributed by atoms with van der Waals surface area (Å²) in [6.07, 6.45) is 1.10. The zero-order valence-electron chi connectivity index (χ0n) is 10.1. The van der Waals surface area contributed by atoms with Gasteiger partial charge in [-0.3, -0.25) is 5.10 Å². The number of halogens is 1. The van der Waals surface area contributed by atoms with Crippen molar-refractivity contribution in [2.75, 3.05) is 5.73 Å². The fraction of sp³-hybridized carbons (Fsp3) is 0.182. The predicted octanol–water partition coefficient (Wildman–Crippen LogP) is 1.17. The zero-order chi connectivity index (χ0) is 14.0. The highest BCUT2D eigenvalue weighted by molar-refractivity contribution is 7.89. The number of nitrogens with one attached hydrogen (secondary N) is 2. The molecule has 0 fully saturated rings. The number of aromatic nitrogens is 2. The van der Waals surface area contributed by atoms with Crippen LogP contribution in [0.15, 0.2) is 35.4 Å². The van der Waals surface area contributed by atoms with Crippen LogP contribution in [0.25, 0.3) is 0 Å². The molecule has 0 saturated carbocycles. The summed E-state index contributed by atoms with van der Waals surface area (Å²) in [4.78, 5) is -0.157. The van der Waals surface area contributed by atoms with E-state index >= 15 is 0 Å². The average molecular weight is 284 g/mol. The number of sulfonamides is 1. The highest BCUT2D eigenvalue weighted by Crippen LogP contribution is 2.21. The second-order valence-corrected chi connectivity index (χ2v) is 5.69. The van der Waals surface area contributed by atoms with E-state index in [4.69, 9.17) is 5.73 Å². The lowest BCUT2D eigenvalue weighted by Gasteiger charge is -2.14. The SMILES string of the molecule is CC(NS(=O)(=O)c1cn[nH]c1N)c1ccccc1F. The van der Waals surface area contributed by atoms with Crippen molar-refractivity contribution in [2.45, 2.75) is 17.9 Å². The van der Waals surface area contributed by atoms with Crippen LogP contribution in [-0.2, 0) is 10.0 Å². The quantitative estimate of drug-likeness (QED) is 0.784. The van der Waals surface area contributed by atoms with E-state index in [-0.39, 0.29) is 16.3 Å². The first-order chi connectivity index (χ1) is 8.92. The van der Waals surface area contributed by atoms with Crippen molar-refractivity contribution >= 4 is 15.8 Å². The van der Waals surface area contributed by atoms with Crippen LogP contribution >= 0.6 is 0 Å². The molecule has 4 N–H and O–H groups in total. The molecular weight excluding hydrogens is 271 g/mol. The molecule has 2 rings (SSSR count). The molecule has 0 amide bonds. The summed E-state index contributed by atoms with van der Waals surface area (Å²) in [7, 11) is -3.85. The summed E-state index contributed by atoms with van der Waals surface area (Å²) in [5.41, 5.74) is 5.72. The Morgan fingerprint density at radius 3 is 2.68 bits per heavy atom. The number of rotatable bonds is 4. The van der Waals surface area contributed by atoms with Crippen molar-refractivity contribution in [1.29, 1.82) is 0 Å². The van der Waals surface area contributed by atoms with E-state index in [1.165, 1.54) is 18.2 Å². The Kier molecular flexibility index (Phi) is 3.54. The molecule has 0 spiro atoms.